The van der Waals surface area contributed by atoms with E-state index in [2.05, 4.69) is 107 Å². The number of rotatable bonds is 9. The van der Waals surface area contributed by atoms with Crippen molar-refractivity contribution in [3.63, 3.8) is 0 Å². The topological polar surface area (TPSA) is 44.4 Å². The van der Waals surface area contributed by atoms with Crippen LogP contribution in [0.15, 0.2) is 89.8 Å². The minimum absolute atomic E-state index is 0.100. The minimum atomic E-state index is -0.124. The molecular weight excluding hydrogens is 426 g/mol. The third-order valence-electron chi connectivity index (χ3n) is 6.53. The van der Waals surface area contributed by atoms with Crippen LogP contribution in [0.4, 0.5) is 0 Å². The van der Waals surface area contributed by atoms with Crippen LogP contribution < -0.4 is 10.6 Å². The van der Waals surface area contributed by atoms with Gasteiger partial charge in [-0.2, -0.15) is 0 Å². The van der Waals surface area contributed by atoms with Crippen molar-refractivity contribution >= 4 is 17.7 Å². The lowest BCUT2D eigenvalue weighted by Gasteiger charge is -2.28. The highest BCUT2D eigenvalue weighted by atomic mass is 32.2. The predicted octanol–water partition coefficient (Wildman–Crippen LogP) is 4.52. The molecule has 5 heteroatoms. The van der Waals surface area contributed by atoms with Crippen LogP contribution >= 0.6 is 11.8 Å². The maximum atomic E-state index is 12.8. The number of hydrogen-bond acceptors (Lipinski definition) is 4. The number of amides is 1. The summed E-state index contributed by atoms with van der Waals surface area (Å²) >= 11 is 1.76. The molecule has 1 aliphatic heterocycles. The normalized spacial score (nSPS) is 18.5. The number of thioether (sulfide) groups is 1. The molecule has 0 aromatic heterocycles. The molecule has 1 fully saturated rings. The monoisotopic (exact) mass is 459 g/mol. The zero-order chi connectivity index (χ0) is 23.0. The number of nitrogens with zero attached hydrogens (tertiary/aromatic N) is 1. The van der Waals surface area contributed by atoms with Crippen molar-refractivity contribution in [2.24, 2.45) is 0 Å². The van der Waals surface area contributed by atoms with E-state index in [1.54, 1.807) is 18.8 Å². The van der Waals surface area contributed by atoms with Crippen LogP contribution in [0.25, 0.3) is 0 Å². The van der Waals surface area contributed by atoms with Gasteiger partial charge in [0.25, 0.3) is 0 Å². The summed E-state index contributed by atoms with van der Waals surface area (Å²) < 4.78 is 0. The summed E-state index contributed by atoms with van der Waals surface area (Å²) in [6, 6.07) is 30.1. The largest absolute Gasteiger partial charge is 0.358 e. The van der Waals surface area contributed by atoms with Gasteiger partial charge in [-0.1, -0.05) is 72.8 Å². The molecule has 0 radical (unpaired) electrons. The van der Waals surface area contributed by atoms with Crippen LogP contribution in [0, 0.1) is 0 Å². The number of benzene rings is 3. The van der Waals surface area contributed by atoms with Gasteiger partial charge in [0.2, 0.25) is 5.91 Å². The van der Waals surface area contributed by atoms with Crippen LogP contribution in [-0.4, -0.2) is 49.3 Å². The fraction of sp³-hybridized carbons (Fsp3) is 0.321. The van der Waals surface area contributed by atoms with Crippen molar-refractivity contribution in [2.45, 2.75) is 35.9 Å². The highest BCUT2D eigenvalue weighted by molar-refractivity contribution is 7.98. The molecular formula is C28H33N3OS. The SMILES string of the molecule is CNC(=O)[C@@H]1C[C@H](NCc2ccc(SC)cc2)CN1CC(c1ccccc1)c1ccccc1. The first-order valence-electron chi connectivity index (χ1n) is 11.6. The summed E-state index contributed by atoms with van der Waals surface area (Å²) in [7, 11) is 1.74. The van der Waals surface area contributed by atoms with Gasteiger partial charge < -0.3 is 10.6 Å². The first-order chi connectivity index (χ1) is 16.2. The van der Waals surface area contributed by atoms with E-state index in [9.17, 15) is 4.79 Å². The summed E-state index contributed by atoms with van der Waals surface area (Å²) in [5.41, 5.74) is 3.84. The maximum absolute atomic E-state index is 12.8. The molecule has 1 aliphatic rings. The lowest BCUT2D eigenvalue weighted by Crippen LogP contribution is -2.43. The predicted molar refractivity (Wildman–Crippen MR) is 138 cm³/mol. The lowest BCUT2D eigenvalue weighted by atomic mass is 9.90. The number of carbonyl (C=O) groups is 1. The molecule has 2 atom stereocenters. The van der Waals surface area contributed by atoms with Gasteiger partial charge in [0.05, 0.1) is 6.04 Å². The second kappa shape index (κ2) is 11.5. The van der Waals surface area contributed by atoms with Gasteiger partial charge in [-0.3, -0.25) is 9.69 Å². The van der Waals surface area contributed by atoms with E-state index in [-0.39, 0.29) is 23.9 Å². The molecule has 0 saturated carbocycles. The van der Waals surface area contributed by atoms with Gasteiger partial charge in [0, 0.05) is 43.5 Å². The third kappa shape index (κ3) is 6.05. The van der Waals surface area contributed by atoms with E-state index >= 15 is 0 Å². The van der Waals surface area contributed by atoms with Gasteiger partial charge in [-0.25, -0.2) is 0 Å². The maximum Gasteiger partial charge on any atom is 0.237 e. The fourth-order valence-corrected chi connectivity index (χ4v) is 5.11. The van der Waals surface area contributed by atoms with Gasteiger partial charge >= 0.3 is 0 Å². The molecule has 0 unspecified atom stereocenters. The summed E-state index contributed by atoms with van der Waals surface area (Å²) in [6.07, 6.45) is 2.91. The smallest absolute Gasteiger partial charge is 0.237 e. The van der Waals surface area contributed by atoms with Crippen LogP contribution in [0.5, 0.6) is 0 Å². The second-order valence-electron chi connectivity index (χ2n) is 8.62. The molecule has 1 heterocycles. The Kier molecular flexibility index (Phi) is 8.21. The average molecular weight is 460 g/mol. The first-order valence-corrected chi connectivity index (χ1v) is 12.8. The molecule has 0 bridgehead atoms. The molecule has 4 nitrogen and oxygen atoms in total. The highest BCUT2D eigenvalue weighted by Gasteiger charge is 2.37. The van der Waals surface area contributed by atoms with E-state index in [0.717, 1.165) is 26.1 Å². The zero-order valence-corrected chi connectivity index (χ0v) is 20.2. The summed E-state index contributed by atoms with van der Waals surface area (Å²) in [5, 5.41) is 6.58. The molecule has 3 aromatic rings. The molecule has 2 N–H and O–H groups in total. The number of nitrogens with one attached hydrogen (secondary N) is 2. The van der Waals surface area contributed by atoms with E-state index in [4.69, 9.17) is 0 Å². The molecule has 4 rings (SSSR count). The number of likely N-dealkylation sites (tertiary alicyclic amines) is 1. The van der Waals surface area contributed by atoms with Crippen molar-refractivity contribution < 1.29 is 4.79 Å². The summed E-state index contributed by atoms with van der Waals surface area (Å²) in [6.45, 7) is 2.48. The summed E-state index contributed by atoms with van der Waals surface area (Å²) in [5.74, 6) is 0.320. The quantitative estimate of drug-likeness (QED) is 0.462. The third-order valence-corrected chi connectivity index (χ3v) is 7.27. The van der Waals surface area contributed by atoms with Crippen LogP contribution in [0.1, 0.15) is 29.0 Å². The van der Waals surface area contributed by atoms with Crippen molar-refractivity contribution in [3.05, 3.63) is 102 Å². The van der Waals surface area contributed by atoms with Crippen molar-refractivity contribution in [1.82, 2.24) is 15.5 Å². The number of carbonyl (C=O) groups excluding carboxylic acids is 1. The summed E-state index contributed by atoms with van der Waals surface area (Å²) in [4.78, 5) is 16.4. The van der Waals surface area contributed by atoms with Crippen molar-refractivity contribution in [1.29, 1.82) is 0 Å². The molecule has 33 heavy (non-hydrogen) atoms. The van der Waals surface area contributed by atoms with Gasteiger partial charge in [-0.15, -0.1) is 11.8 Å². The Bertz CT molecular complexity index is 971. The van der Waals surface area contributed by atoms with Gasteiger partial charge in [-0.05, 0) is 41.5 Å². The van der Waals surface area contributed by atoms with Crippen LogP contribution in [-0.2, 0) is 11.3 Å². The van der Waals surface area contributed by atoms with Crippen LogP contribution in [0.2, 0.25) is 0 Å². The Labute approximate surface area is 201 Å². The van der Waals surface area contributed by atoms with Gasteiger partial charge in [0.1, 0.15) is 0 Å². The highest BCUT2D eigenvalue weighted by Crippen LogP contribution is 2.29. The Hall–Kier alpha value is -2.60. The van der Waals surface area contributed by atoms with Crippen molar-refractivity contribution in [3.8, 4) is 0 Å². The molecule has 1 saturated heterocycles. The Morgan fingerprint density at radius 2 is 1.58 bits per heavy atom. The minimum Gasteiger partial charge on any atom is -0.358 e. The Morgan fingerprint density at radius 3 is 2.12 bits per heavy atom. The van der Waals surface area contributed by atoms with Crippen LogP contribution in [0.3, 0.4) is 0 Å². The molecule has 0 aliphatic carbocycles. The molecule has 172 valence electrons. The van der Waals surface area contributed by atoms with E-state index < -0.39 is 0 Å². The van der Waals surface area contributed by atoms with Crippen molar-refractivity contribution in [2.75, 3.05) is 26.4 Å². The second-order valence-corrected chi connectivity index (χ2v) is 9.50. The fourth-order valence-electron chi connectivity index (χ4n) is 4.71. The van der Waals surface area contributed by atoms with E-state index in [0.29, 0.717) is 0 Å². The zero-order valence-electron chi connectivity index (χ0n) is 19.4. The number of hydrogen-bond donors (Lipinski definition) is 2. The van der Waals surface area contributed by atoms with E-state index in [1.807, 2.05) is 0 Å². The van der Waals surface area contributed by atoms with E-state index in [1.165, 1.54) is 21.6 Å². The lowest BCUT2D eigenvalue weighted by molar-refractivity contribution is -0.125. The molecule has 1 amide bonds. The standard InChI is InChI=1S/C28H33N3OS/c1-29-28(32)27-17-24(30-18-21-13-15-25(33-2)16-14-21)19-31(27)20-26(22-9-5-3-6-10-22)23-11-7-4-8-12-23/h3-16,24,26-27,30H,17-20H2,1-2H3,(H,29,32)/t24-,27-/m0/s1. The number of likely N-dealkylation sites (N-methyl/N-ethyl adjacent to an activating group) is 1. The first kappa shape index (κ1) is 23.6. The average Bonchev–Trinajstić information content (AvgIpc) is 3.29. The Balaban J connectivity index is 1.49. The molecule has 0 spiro atoms. The molecule has 3 aromatic carbocycles. The Morgan fingerprint density at radius 1 is 0.970 bits per heavy atom. The van der Waals surface area contributed by atoms with Gasteiger partial charge in [0.15, 0.2) is 0 Å².